The van der Waals surface area contributed by atoms with Gasteiger partial charge in [0.15, 0.2) is 0 Å². The van der Waals surface area contributed by atoms with Gasteiger partial charge in [-0.15, -0.1) is 0 Å². The molecule has 0 spiro atoms. The van der Waals surface area contributed by atoms with E-state index in [0.29, 0.717) is 12.0 Å². The standard InChI is InChI=1S/C15H18N2O3/c1-19-13-4-2-11(3-5-13)14-8-12(9-15(18)20-14)17-7-6-16-10-17/h6-11,13H,2-5H2,1H3. The van der Waals surface area contributed by atoms with Gasteiger partial charge < -0.3 is 13.7 Å². The number of rotatable bonds is 3. The van der Waals surface area contributed by atoms with E-state index in [-0.39, 0.29) is 5.63 Å². The van der Waals surface area contributed by atoms with Gasteiger partial charge in [-0.1, -0.05) is 0 Å². The monoisotopic (exact) mass is 274 g/mol. The molecule has 3 rings (SSSR count). The summed E-state index contributed by atoms with van der Waals surface area (Å²) in [5.41, 5.74) is 0.502. The highest BCUT2D eigenvalue weighted by Gasteiger charge is 2.24. The molecule has 106 valence electrons. The lowest BCUT2D eigenvalue weighted by atomic mass is 9.85. The SMILES string of the molecule is COC1CCC(c2cc(-n3ccnc3)cc(=O)o2)CC1. The van der Waals surface area contributed by atoms with Gasteiger partial charge in [0.05, 0.1) is 18.1 Å². The molecular weight excluding hydrogens is 256 g/mol. The molecule has 5 nitrogen and oxygen atoms in total. The van der Waals surface area contributed by atoms with Crippen molar-refractivity contribution in [3.05, 3.63) is 47.0 Å². The van der Waals surface area contributed by atoms with Crippen molar-refractivity contribution < 1.29 is 9.15 Å². The topological polar surface area (TPSA) is 57.3 Å². The molecule has 2 aromatic heterocycles. The maximum Gasteiger partial charge on any atom is 0.337 e. The van der Waals surface area contributed by atoms with Gasteiger partial charge in [-0.2, -0.15) is 0 Å². The average Bonchev–Trinajstić information content (AvgIpc) is 3.01. The molecule has 20 heavy (non-hydrogen) atoms. The van der Waals surface area contributed by atoms with Crippen LogP contribution in [-0.4, -0.2) is 22.8 Å². The van der Waals surface area contributed by atoms with Crippen molar-refractivity contribution in [1.29, 1.82) is 0 Å². The van der Waals surface area contributed by atoms with E-state index >= 15 is 0 Å². The van der Waals surface area contributed by atoms with Crippen LogP contribution in [0.3, 0.4) is 0 Å². The predicted octanol–water partition coefficient (Wildman–Crippen LogP) is 2.50. The third kappa shape index (κ3) is 2.67. The Bertz CT molecular complexity index is 610. The van der Waals surface area contributed by atoms with Crippen LogP contribution in [0, 0.1) is 0 Å². The molecule has 1 aliphatic rings. The van der Waals surface area contributed by atoms with Gasteiger partial charge in [0.2, 0.25) is 0 Å². The quantitative estimate of drug-likeness (QED) is 0.863. The second-order valence-electron chi connectivity index (χ2n) is 5.22. The molecule has 0 radical (unpaired) electrons. The molecule has 0 amide bonds. The van der Waals surface area contributed by atoms with Crippen LogP contribution < -0.4 is 5.63 Å². The molecule has 2 aromatic rings. The van der Waals surface area contributed by atoms with Gasteiger partial charge in [0, 0.05) is 37.6 Å². The van der Waals surface area contributed by atoms with Crippen LogP contribution in [0.15, 0.2) is 40.1 Å². The molecule has 2 heterocycles. The zero-order valence-electron chi connectivity index (χ0n) is 11.5. The van der Waals surface area contributed by atoms with E-state index in [0.717, 1.165) is 37.1 Å². The Morgan fingerprint density at radius 2 is 2.10 bits per heavy atom. The van der Waals surface area contributed by atoms with Crippen LogP contribution in [0.5, 0.6) is 0 Å². The summed E-state index contributed by atoms with van der Waals surface area (Å²) in [6.07, 6.45) is 9.55. The molecule has 5 heteroatoms. The smallest absolute Gasteiger partial charge is 0.337 e. The summed E-state index contributed by atoms with van der Waals surface area (Å²) in [6.45, 7) is 0. The van der Waals surface area contributed by atoms with E-state index in [4.69, 9.17) is 9.15 Å². The first kappa shape index (κ1) is 13.1. The van der Waals surface area contributed by atoms with Gasteiger partial charge in [-0.05, 0) is 25.7 Å². The second-order valence-corrected chi connectivity index (χ2v) is 5.22. The van der Waals surface area contributed by atoms with Gasteiger partial charge in [-0.25, -0.2) is 9.78 Å². The normalized spacial score (nSPS) is 22.9. The Hall–Kier alpha value is -1.88. The minimum absolute atomic E-state index is 0.303. The lowest BCUT2D eigenvalue weighted by Crippen LogP contribution is -2.20. The van der Waals surface area contributed by atoms with Crippen LogP contribution in [-0.2, 0) is 4.74 Å². The first-order valence-electron chi connectivity index (χ1n) is 6.92. The number of hydrogen-bond donors (Lipinski definition) is 0. The van der Waals surface area contributed by atoms with Crippen LogP contribution in [0.4, 0.5) is 0 Å². The molecule has 1 saturated carbocycles. The van der Waals surface area contributed by atoms with E-state index in [2.05, 4.69) is 4.98 Å². The van der Waals surface area contributed by atoms with Crippen LogP contribution in [0.1, 0.15) is 37.4 Å². The number of hydrogen-bond acceptors (Lipinski definition) is 4. The zero-order valence-corrected chi connectivity index (χ0v) is 11.5. The Labute approximate surface area is 117 Å². The summed E-state index contributed by atoms with van der Waals surface area (Å²) in [4.78, 5) is 15.7. The van der Waals surface area contributed by atoms with Crippen molar-refractivity contribution in [1.82, 2.24) is 9.55 Å². The molecule has 1 aliphatic carbocycles. The Morgan fingerprint density at radius 3 is 2.75 bits per heavy atom. The van der Waals surface area contributed by atoms with Crippen molar-refractivity contribution in [2.24, 2.45) is 0 Å². The van der Waals surface area contributed by atoms with E-state index in [1.54, 1.807) is 19.6 Å². The summed E-state index contributed by atoms with van der Waals surface area (Å²) in [6, 6.07) is 3.44. The second kappa shape index (κ2) is 5.63. The Morgan fingerprint density at radius 1 is 1.30 bits per heavy atom. The van der Waals surface area contributed by atoms with Crippen molar-refractivity contribution in [3.8, 4) is 5.69 Å². The van der Waals surface area contributed by atoms with Gasteiger partial charge >= 0.3 is 5.63 Å². The molecule has 0 saturated heterocycles. The maximum absolute atomic E-state index is 11.7. The van der Waals surface area contributed by atoms with Crippen LogP contribution >= 0.6 is 0 Å². The van der Waals surface area contributed by atoms with E-state index < -0.39 is 0 Å². The molecule has 0 bridgehead atoms. The van der Waals surface area contributed by atoms with Crippen LogP contribution in [0.2, 0.25) is 0 Å². The molecule has 1 fully saturated rings. The minimum atomic E-state index is -0.305. The third-order valence-electron chi connectivity index (χ3n) is 3.99. The maximum atomic E-state index is 11.7. The zero-order chi connectivity index (χ0) is 13.9. The van der Waals surface area contributed by atoms with Crippen molar-refractivity contribution in [2.45, 2.75) is 37.7 Å². The largest absolute Gasteiger partial charge is 0.427 e. The van der Waals surface area contributed by atoms with E-state index in [1.165, 1.54) is 6.07 Å². The molecule has 0 N–H and O–H groups in total. The highest BCUT2D eigenvalue weighted by Crippen LogP contribution is 2.33. The fraction of sp³-hybridized carbons (Fsp3) is 0.467. The summed E-state index contributed by atoms with van der Waals surface area (Å²) < 4.78 is 12.6. The van der Waals surface area contributed by atoms with Crippen molar-refractivity contribution in [3.63, 3.8) is 0 Å². The van der Waals surface area contributed by atoms with Gasteiger partial charge in [0.1, 0.15) is 5.76 Å². The number of nitrogens with zero attached hydrogens (tertiary/aromatic N) is 2. The molecular formula is C15H18N2O3. The summed E-state index contributed by atoms with van der Waals surface area (Å²) >= 11 is 0. The highest BCUT2D eigenvalue weighted by molar-refractivity contribution is 5.31. The summed E-state index contributed by atoms with van der Waals surface area (Å²) in [5, 5.41) is 0. The van der Waals surface area contributed by atoms with Gasteiger partial charge in [-0.3, -0.25) is 0 Å². The predicted molar refractivity (Wildman–Crippen MR) is 74.1 cm³/mol. The number of aromatic nitrogens is 2. The molecule has 0 aromatic carbocycles. The fourth-order valence-electron chi connectivity index (χ4n) is 2.83. The lowest BCUT2D eigenvalue weighted by Gasteiger charge is -2.26. The molecule has 0 aliphatic heterocycles. The molecule has 0 unspecified atom stereocenters. The minimum Gasteiger partial charge on any atom is -0.427 e. The van der Waals surface area contributed by atoms with Crippen molar-refractivity contribution >= 4 is 0 Å². The summed E-state index contributed by atoms with van der Waals surface area (Å²) in [7, 11) is 1.75. The number of ether oxygens (including phenoxy) is 1. The summed E-state index contributed by atoms with van der Waals surface area (Å²) in [5.74, 6) is 1.08. The van der Waals surface area contributed by atoms with Crippen LogP contribution in [0.25, 0.3) is 5.69 Å². The van der Waals surface area contributed by atoms with E-state index in [1.807, 2.05) is 16.8 Å². The molecule has 0 atom stereocenters. The lowest BCUT2D eigenvalue weighted by molar-refractivity contribution is 0.0635. The third-order valence-corrected chi connectivity index (χ3v) is 3.99. The Balaban J connectivity index is 1.85. The Kier molecular flexibility index (Phi) is 3.69. The van der Waals surface area contributed by atoms with E-state index in [9.17, 15) is 4.79 Å². The number of imidazole rings is 1. The fourth-order valence-corrected chi connectivity index (χ4v) is 2.83. The first-order chi connectivity index (χ1) is 9.76. The average molecular weight is 274 g/mol. The van der Waals surface area contributed by atoms with Gasteiger partial charge in [0.25, 0.3) is 0 Å². The number of methoxy groups -OCH3 is 1. The highest BCUT2D eigenvalue weighted by atomic mass is 16.5. The first-order valence-corrected chi connectivity index (χ1v) is 6.92. The van der Waals surface area contributed by atoms with Crippen molar-refractivity contribution in [2.75, 3.05) is 7.11 Å².